The Bertz CT molecular complexity index is 839. The molecular weight excluding hydrogens is 344 g/mol. The molecule has 4 rings (SSSR count). The third-order valence-electron chi connectivity index (χ3n) is 3.81. The summed E-state index contributed by atoms with van der Waals surface area (Å²) in [7, 11) is 0. The van der Waals surface area contributed by atoms with Crippen molar-refractivity contribution in [3.8, 4) is 0 Å². The Balaban J connectivity index is 1.48. The number of hydrogen-bond acceptors (Lipinski definition) is 7. The van der Waals surface area contributed by atoms with Crippen LogP contribution in [0.15, 0.2) is 29.4 Å². The topological polar surface area (TPSA) is 76.8 Å². The van der Waals surface area contributed by atoms with Gasteiger partial charge in [-0.1, -0.05) is 35.2 Å². The highest BCUT2D eigenvalue weighted by Crippen LogP contribution is 2.36. The fourth-order valence-corrected chi connectivity index (χ4v) is 4.29. The summed E-state index contributed by atoms with van der Waals surface area (Å²) in [5.74, 6) is 0.323. The molecule has 0 unspecified atom stereocenters. The maximum Gasteiger partial charge on any atom is 0.239 e. The Hall–Kier alpha value is -2.00. The van der Waals surface area contributed by atoms with Gasteiger partial charge in [-0.25, -0.2) is 9.67 Å². The molecule has 0 saturated heterocycles. The lowest BCUT2D eigenvalue weighted by Crippen LogP contribution is -2.32. The average molecular weight is 360 g/mol. The number of aromatic nitrogens is 5. The van der Waals surface area contributed by atoms with Crippen LogP contribution in [0.3, 0.4) is 0 Å². The van der Waals surface area contributed by atoms with Crippen molar-refractivity contribution in [3.05, 3.63) is 24.3 Å². The second-order valence-corrected chi connectivity index (χ2v) is 7.48. The molecule has 124 valence electrons. The normalized spacial score (nSPS) is 14.2. The average Bonchev–Trinajstić information content (AvgIpc) is 3.18. The minimum Gasteiger partial charge on any atom is -0.288 e. The molecule has 1 saturated carbocycles. The lowest BCUT2D eigenvalue weighted by molar-refractivity contribution is -0.116. The van der Waals surface area contributed by atoms with Gasteiger partial charge >= 0.3 is 0 Å². The van der Waals surface area contributed by atoms with Gasteiger partial charge in [-0.15, -0.1) is 5.10 Å². The van der Waals surface area contributed by atoms with Gasteiger partial charge in [-0.2, -0.15) is 0 Å². The number of nitrogens with zero attached hydrogens (tertiary/aromatic N) is 6. The van der Waals surface area contributed by atoms with E-state index in [1.807, 2.05) is 35.9 Å². The van der Waals surface area contributed by atoms with E-state index in [0.29, 0.717) is 23.5 Å². The number of para-hydroxylation sites is 1. The second kappa shape index (κ2) is 6.48. The molecule has 2 heterocycles. The molecule has 9 heteroatoms. The number of carbonyl (C=O) groups excluding carboxylic acids is 1. The first-order valence-electron chi connectivity index (χ1n) is 7.83. The molecule has 0 aliphatic heterocycles. The lowest BCUT2D eigenvalue weighted by atomic mass is 10.3. The van der Waals surface area contributed by atoms with E-state index >= 15 is 0 Å². The smallest absolute Gasteiger partial charge is 0.239 e. The molecule has 0 spiro atoms. The van der Waals surface area contributed by atoms with Crippen LogP contribution in [0, 0.1) is 0 Å². The van der Waals surface area contributed by atoms with Crippen molar-refractivity contribution in [1.29, 1.82) is 0 Å². The van der Waals surface area contributed by atoms with Crippen LogP contribution in [-0.2, 0) is 4.79 Å². The van der Waals surface area contributed by atoms with Crippen LogP contribution in [-0.4, -0.2) is 43.4 Å². The highest BCUT2D eigenvalue weighted by molar-refractivity contribution is 7.99. The van der Waals surface area contributed by atoms with Crippen molar-refractivity contribution in [3.63, 3.8) is 0 Å². The standard InChI is InChI=1S/C15H16N6OS2/c1-2-20(14-16-11-5-3-4-6-12(11)24-14)13(22)9-23-15-17-18-19-21(15)10-7-8-10/h3-6,10H,2,7-9H2,1H3. The third kappa shape index (κ3) is 3.01. The number of hydrogen-bond donors (Lipinski definition) is 0. The van der Waals surface area contributed by atoms with Crippen LogP contribution in [0.25, 0.3) is 10.2 Å². The van der Waals surface area contributed by atoms with Crippen molar-refractivity contribution >= 4 is 44.4 Å². The summed E-state index contributed by atoms with van der Waals surface area (Å²) in [5.41, 5.74) is 0.925. The first-order valence-corrected chi connectivity index (χ1v) is 9.63. The minimum absolute atomic E-state index is 0.0203. The van der Waals surface area contributed by atoms with Crippen molar-refractivity contribution in [2.75, 3.05) is 17.2 Å². The number of fused-ring (bicyclic) bond motifs is 1. The van der Waals surface area contributed by atoms with Crippen LogP contribution in [0.2, 0.25) is 0 Å². The lowest BCUT2D eigenvalue weighted by Gasteiger charge is -2.17. The van der Waals surface area contributed by atoms with Gasteiger partial charge in [-0.3, -0.25) is 9.69 Å². The van der Waals surface area contributed by atoms with Gasteiger partial charge in [0.05, 0.1) is 22.0 Å². The third-order valence-corrected chi connectivity index (χ3v) is 5.79. The summed E-state index contributed by atoms with van der Waals surface area (Å²) in [6.07, 6.45) is 2.22. The molecule has 1 aliphatic rings. The number of tetrazole rings is 1. The van der Waals surface area contributed by atoms with Crippen LogP contribution in [0.1, 0.15) is 25.8 Å². The van der Waals surface area contributed by atoms with Gasteiger partial charge in [0.2, 0.25) is 11.1 Å². The summed E-state index contributed by atoms with van der Waals surface area (Å²) in [6, 6.07) is 8.33. The van der Waals surface area contributed by atoms with E-state index in [0.717, 1.165) is 28.2 Å². The SMILES string of the molecule is CCN(C(=O)CSc1nnnn1C1CC1)c1nc2ccccc2s1. The number of thiazole rings is 1. The second-order valence-electron chi connectivity index (χ2n) is 5.53. The highest BCUT2D eigenvalue weighted by atomic mass is 32.2. The van der Waals surface area contributed by atoms with Crippen molar-refractivity contribution in [2.45, 2.75) is 31.0 Å². The van der Waals surface area contributed by atoms with Crippen LogP contribution in [0.5, 0.6) is 0 Å². The van der Waals surface area contributed by atoms with Gasteiger partial charge in [0.1, 0.15) is 0 Å². The summed E-state index contributed by atoms with van der Waals surface area (Å²) in [4.78, 5) is 18.9. The predicted octanol–water partition coefficient (Wildman–Crippen LogP) is 2.76. The minimum atomic E-state index is 0.0203. The van der Waals surface area contributed by atoms with Gasteiger partial charge in [-0.05, 0) is 42.3 Å². The zero-order chi connectivity index (χ0) is 16.5. The highest BCUT2D eigenvalue weighted by Gasteiger charge is 2.28. The van der Waals surface area contributed by atoms with Gasteiger partial charge in [0.15, 0.2) is 5.13 Å². The number of thioether (sulfide) groups is 1. The summed E-state index contributed by atoms with van der Waals surface area (Å²) in [5, 5.41) is 13.2. The molecule has 0 atom stereocenters. The molecular formula is C15H16N6OS2. The maximum absolute atomic E-state index is 12.6. The molecule has 1 amide bonds. The Kier molecular flexibility index (Phi) is 4.19. The number of rotatable bonds is 6. The number of benzene rings is 1. The molecule has 3 aromatic rings. The Morgan fingerprint density at radius 3 is 3.00 bits per heavy atom. The fraction of sp³-hybridized carbons (Fsp3) is 0.400. The zero-order valence-corrected chi connectivity index (χ0v) is 14.8. The zero-order valence-electron chi connectivity index (χ0n) is 13.1. The molecule has 1 fully saturated rings. The van der Waals surface area contributed by atoms with Crippen LogP contribution >= 0.6 is 23.1 Å². The quantitative estimate of drug-likeness (QED) is 0.629. The van der Waals surface area contributed by atoms with Gasteiger partial charge in [0.25, 0.3) is 0 Å². The van der Waals surface area contributed by atoms with Gasteiger partial charge < -0.3 is 0 Å². The monoisotopic (exact) mass is 360 g/mol. The van der Waals surface area contributed by atoms with E-state index < -0.39 is 0 Å². The molecule has 1 aliphatic carbocycles. The molecule has 0 radical (unpaired) electrons. The van der Waals surface area contributed by atoms with Crippen LogP contribution in [0.4, 0.5) is 5.13 Å². The Morgan fingerprint density at radius 2 is 2.25 bits per heavy atom. The van der Waals surface area contributed by atoms with E-state index in [1.54, 1.807) is 4.90 Å². The van der Waals surface area contributed by atoms with E-state index in [1.165, 1.54) is 23.1 Å². The van der Waals surface area contributed by atoms with Crippen molar-refractivity contribution in [1.82, 2.24) is 25.2 Å². The maximum atomic E-state index is 12.6. The van der Waals surface area contributed by atoms with Gasteiger partial charge in [0, 0.05) is 6.54 Å². The largest absolute Gasteiger partial charge is 0.288 e. The van der Waals surface area contributed by atoms with E-state index in [4.69, 9.17) is 0 Å². The van der Waals surface area contributed by atoms with E-state index in [2.05, 4.69) is 20.5 Å². The van der Waals surface area contributed by atoms with Crippen molar-refractivity contribution < 1.29 is 4.79 Å². The summed E-state index contributed by atoms with van der Waals surface area (Å²) < 4.78 is 2.91. The summed E-state index contributed by atoms with van der Waals surface area (Å²) >= 11 is 2.93. The summed E-state index contributed by atoms with van der Waals surface area (Å²) in [6.45, 7) is 2.55. The van der Waals surface area contributed by atoms with Crippen LogP contribution < -0.4 is 4.90 Å². The predicted molar refractivity (Wildman–Crippen MR) is 94.5 cm³/mol. The van der Waals surface area contributed by atoms with E-state index in [-0.39, 0.29) is 5.91 Å². The number of anilines is 1. The Morgan fingerprint density at radius 1 is 1.42 bits per heavy atom. The first kappa shape index (κ1) is 15.5. The molecule has 24 heavy (non-hydrogen) atoms. The molecule has 0 bridgehead atoms. The number of amides is 1. The molecule has 2 aromatic heterocycles. The molecule has 7 nitrogen and oxygen atoms in total. The van der Waals surface area contributed by atoms with Crippen molar-refractivity contribution in [2.24, 2.45) is 0 Å². The molecule has 0 N–H and O–H groups in total. The first-order chi connectivity index (χ1) is 11.8. The molecule has 1 aromatic carbocycles. The number of carbonyl (C=O) groups is 1. The Labute approximate surface area is 147 Å². The fourth-order valence-electron chi connectivity index (χ4n) is 2.43. The van der Waals surface area contributed by atoms with E-state index in [9.17, 15) is 4.79 Å².